The molecule has 14 heavy (non-hydrogen) atoms. The second kappa shape index (κ2) is 5.48. The largest absolute Gasteiger partial charge is 0.316 e. The van der Waals surface area contributed by atoms with Crippen molar-refractivity contribution in [2.24, 2.45) is 5.92 Å². The van der Waals surface area contributed by atoms with E-state index in [-0.39, 0.29) is 5.75 Å². The number of rotatable bonds is 6. The quantitative estimate of drug-likeness (QED) is 0.621. The minimum absolute atomic E-state index is 0.00984. The first-order chi connectivity index (χ1) is 6.64. The lowest BCUT2D eigenvalue weighted by molar-refractivity contribution is 0.520. The molecule has 5 heteroatoms. The van der Waals surface area contributed by atoms with Crippen molar-refractivity contribution in [3.05, 3.63) is 12.7 Å². The topological polar surface area (TPSA) is 58.2 Å². The predicted octanol–water partition coefficient (Wildman–Crippen LogP) is 0.0914. The normalized spacial score (nSPS) is 22.4. The summed E-state index contributed by atoms with van der Waals surface area (Å²) in [7, 11) is -3.11. The first-order valence-corrected chi connectivity index (χ1v) is 6.58. The van der Waals surface area contributed by atoms with Crippen molar-refractivity contribution in [2.45, 2.75) is 12.8 Å². The molecule has 0 saturated carbocycles. The lowest BCUT2D eigenvalue weighted by Gasteiger charge is -2.08. The Morgan fingerprint density at radius 3 is 2.93 bits per heavy atom. The Kier molecular flexibility index (Phi) is 4.57. The molecule has 0 spiro atoms. The molecule has 0 aliphatic carbocycles. The smallest absolute Gasteiger partial charge is 0.215 e. The molecule has 0 aromatic carbocycles. The Hall–Kier alpha value is -0.390. The summed E-state index contributed by atoms with van der Waals surface area (Å²) in [4.78, 5) is 0. The average molecular weight is 218 g/mol. The molecule has 0 bridgehead atoms. The number of hydrogen-bond acceptors (Lipinski definition) is 3. The van der Waals surface area contributed by atoms with Crippen LogP contribution in [0.2, 0.25) is 0 Å². The van der Waals surface area contributed by atoms with Gasteiger partial charge in [-0.3, -0.25) is 0 Å². The van der Waals surface area contributed by atoms with Gasteiger partial charge in [0.15, 0.2) is 0 Å². The Morgan fingerprint density at radius 1 is 1.57 bits per heavy atom. The van der Waals surface area contributed by atoms with Crippen LogP contribution in [0.15, 0.2) is 12.7 Å². The van der Waals surface area contributed by atoms with Gasteiger partial charge in [-0.25, -0.2) is 13.1 Å². The van der Waals surface area contributed by atoms with Gasteiger partial charge in [0.2, 0.25) is 10.0 Å². The van der Waals surface area contributed by atoms with Crippen LogP contribution in [0.4, 0.5) is 0 Å². The molecule has 1 aliphatic heterocycles. The zero-order valence-corrected chi connectivity index (χ0v) is 9.15. The molecule has 0 aromatic heterocycles. The van der Waals surface area contributed by atoms with Gasteiger partial charge in [0.25, 0.3) is 0 Å². The predicted molar refractivity (Wildman–Crippen MR) is 57.6 cm³/mol. The molecule has 1 atom stereocenters. The fourth-order valence-corrected chi connectivity index (χ4v) is 2.45. The fourth-order valence-electron chi connectivity index (χ4n) is 1.59. The van der Waals surface area contributed by atoms with Gasteiger partial charge in [0, 0.05) is 6.54 Å². The summed E-state index contributed by atoms with van der Waals surface area (Å²) in [6, 6.07) is 0. The van der Waals surface area contributed by atoms with Crippen LogP contribution in [-0.4, -0.2) is 33.8 Å². The number of nitrogens with one attached hydrogen (secondary N) is 2. The number of sulfonamides is 1. The van der Waals surface area contributed by atoms with Crippen molar-refractivity contribution in [3.8, 4) is 0 Å². The van der Waals surface area contributed by atoms with Gasteiger partial charge >= 0.3 is 0 Å². The van der Waals surface area contributed by atoms with E-state index in [0.717, 1.165) is 25.9 Å². The van der Waals surface area contributed by atoms with Crippen molar-refractivity contribution in [1.29, 1.82) is 0 Å². The molecule has 1 aliphatic rings. The highest BCUT2D eigenvalue weighted by atomic mass is 32.2. The Bertz CT molecular complexity index is 269. The van der Waals surface area contributed by atoms with Gasteiger partial charge in [-0.2, -0.15) is 0 Å². The van der Waals surface area contributed by atoms with E-state index in [9.17, 15) is 8.42 Å². The van der Waals surface area contributed by atoms with E-state index >= 15 is 0 Å². The van der Waals surface area contributed by atoms with E-state index in [0.29, 0.717) is 12.5 Å². The standard InChI is InChI=1S/C9H18N2O2S/c1-2-7-14(12,13)11-6-4-9-3-5-10-8-9/h2,9-11H,1,3-8H2. The third-order valence-electron chi connectivity index (χ3n) is 2.37. The van der Waals surface area contributed by atoms with E-state index in [1.165, 1.54) is 6.08 Å². The summed E-state index contributed by atoms with van der Waals surface area (Å²) in [5, 5.41) is 3.25. The summed E-state index contributed by atoms with van der Waals surface area (Å²) in [6.45, 7) is 6.02. The molecular formula is C9H18N2O2S. The molecule has 1 heterocycles. The molecule has 0 amide bonds. The van der Waals surface area contributed by atoms with E-state index in [1.54, 1.807) is 0 Å². The highest BCUT2D eigenvalue weighted by Gasteiger charge is 2.15. The highest BCUT2D eigenvalue weighted by Crippen LogP contribution is 2.10. The summed E-state index contributed by atoms with van der Waals surface area (Å²) >= 11 is 0. The molecular weight excluding hydrogens is 200 g/mol. The van der Waals surface area contributed by atoms with Crippen LogP contribution in [0.1, 0.15) is 12.8 Å². The molecule has 1 unspecified atom stereocenters. The second-order valence-corrected chi connectivity index (χ2v) is 5.46. The zero-order chi connectivity index (χ0) is 10.4. The van der Waals surface area contributed by atoms with Gasteiger partial charge in [-0.15, -0.1) is 6.58 Å². The van der Waals surface area contributed by atoms with Crippen molar-refractivity contribution < 1.29 is 8.42 Å². The summed E-state index contributed by atoms with van der Waals surface area (Å²) in [5.41, 5.74) is 0. The molecule has 82 valence electrons. The maximum atomic E-state index is 11.2. The van der Waals surface area contributed by atoms with Crippen LogP contribution in [0, 0.1) is 5.92 Å². The highest BCUT2D eigenvalue weighted by molar-refractivity contribution is 7.89. The fraction of sp³-hybridized carbons (Fsp3) is 0.778. The molecule has 0 aromatic rings. The molecule has 1 saturated heterocycles. The van der Waals surface area contributed by atoms with Crippen LogP contribution in [-0.2, 0) is 10.0 Å². The minimum Gasteiger partial charge on any atom is -0.316 e. The minimum atomic E-state index is -3.11. The second-order valence-electron chi connectivity index (χ2n) is 3.61. The van der Waals surface area contributed by atoms with Gasteiger partial charge in [0.05, 0.1) is 5.75 Å². The Labute approximate surface area is 85.8 Å². The van der Waals surface area contributed by atoms with Gasteiger partial charge < -0.3 is 5.32 Å². The van der Waals surface area contributed by atoms with Gasteiger partial charge in [-0.05, 0) is 31.8 Å². The Morgan fingerprint density at radius 2 is 2.36 bits per heavy atom. The van der Waals surface area contributed by atoms with Crippen LogP contribution in [0.3, 0.4) is 0 Å². The SMILES string of the molecule is C=CCS(=O)(=O)NCCC1CCNC1. The summed E-state index contributed by atoms with van der Waals surface area (Å²) in [5.74, 6) is 0.636. The van der Waals surface area contributed by atoms with Crippen LogP contribution in [0.25, 0.3) is 0 Å². The first-order valence-electron chi connectivity index (χ1n) is 4.93. The van der Waals surface area contributed by atoms with Gasteiger partial charge in [0.1, 0.15) is 0 Å². The van der Waals surface area contributed by atoms with Crippen LogP contribution in [0.5, 0.6) is 0 Å². The molecule has 1 fully saturated rings. The number of hydrogen-bond donors (Lipinski definition) is 2. The van der Waals surface area contributed by atoms with E-state index in [1.807, 2.05) is 0 Å². The van der Waals surface area contributed by atoms with Crippen molar-refractivity contribution in [3.63, 3.8) is 0 Å². The maximum Gasteiger partial charge on any atom is 0.215 e. The summed E-state index contributed by atoms with van der Waals surface area (Å²) < 4.78 is 25.0. The Balaban J connectivity index is 2.16. The molecule has 2 N–H and O–H groups in total. The first kappa shape index (κ1) is 11.7. The summed E-state index contributed by atoms with van der Waals surface area (Å²) in [6.07, 6.45) is 3.48. The molecule has 4 nitrogen and oxygen atoms in total. The molecule has 1 rings (SSSR count). The van der Waals surface area contributed by atoms with Crippen molar-refractivity contribution >= 4 is 10.0 Å². The van der Waals surface area contributed by atoms with Crippen LogP contribution < -0.4 is 10.0 Å². The average Bonchev–Trinajstić information content (AvgIpc) is 2.56. The van der Waals surface area contributed by atoms with Crippen LogP contribution >= 0.6 is 0 Å². The zero-order valence-electron chi connectivity index (χ0n) is 8.33. The third kappa shape index (κ3) is 4.21. The lowest BCUT2D eigenvalue weighted by atomic mass is 10.1. The van der Waals surface area contributed by atoms with E-state index < -0.39 is 10.0 Å². The lowest BCUT2D eigenvalue weighted by Crippen LogP contribution is -2.28. The van der Waals surface area contributed by atoms with E-state index in [2.05, 4.69) is 16.6 Å². The van der Waals surface area contributed by atoms with Gasteiger partial charge in [-0.1, -0.05) is 6.08 Å². The third-order valence-corrected chi connectivity index (χ3v) is 3.69. The molecule has 0 radical (unpaired) electrons. The monoisotopic (exact) mass is 218 g/mol. The maximum absolute atomic E-state index is 11.2. The van der Waals surface area contributed by atoms with Crippen molar-refractivity contribution in [1.82, 2.24) is 10.0 Å². The van der Waals surface area contributed by atoms with E-state index in [4.69, 9.17) is 0 Å². The van der Waals surface area contributed by atoms with Crippen molar-refractivity contribution in [2.75, 3.05) is 25.4 Å².